The van der Waals surface area contributed by atoms with E-state index in [2.05, 4.69) is 4.99 Å². The Balaban J connectivity index is 2.11. The lowest BCUT2D eigenvalue weighted by Gasteiger charge is -2.28. The van der Waals surface area contributed by atoms with Crippen molar-refractivity contribution in [1.29, 1.82) is 0 Å². The highest BCUT2D eigenvalue weighted by molar-refractivity contribution is 5.76. The average molecular weight is 261 g/mol. The van der Waals surface area contributed by atoms with E-state index >= 15 is 0 Å². The second kappa shape index (κ2) is 4.61. The van der Waals surface area contributed by atoms with Gasteiger partial charge in [-0.15, -0.1) is 0 Å². The number of phenols is 1. The lowest BCUT2D eigenvalue weighted by molar-refractivity contribution is 0.00578. The fourth-order valence-corrected chi connectivity index (χ4v) is 1.59. The van der Waals surface area contributed by atoms with Crippen molar-refractivity contribution < 1.29 is 14.6 Å². The first-order valence-electron chi connectivity index (χ1n) is 6.22. The summed E-state index contributed by atoms with van der Waals surface area (Å²) in [7, 11) is 0. The number of allylic oxidation sites excluding steroid dienone is 1. The van der Waals surface area contributed by atoms with Gasteiger partial charge in [0.05, 0.1) is 0 Å². The SMILES string of the molecule is CC1(C)OC(=CC=Nc2ccccc2O)OC1(C)C. The van der Waals surface area contributed by atoms with Crippen LogP contribution in [-0.4, -0.2) is 22.5 Å². The first-order chi connectivity index (χ1) is 8.82. The molecule has 1 aliphatic heterocycles. The molecule has 0 radical (unpaired) electrons. The summed E-state index contributed by atoms with van der Waals surface area (Å²) in [5.74, 6) is 0.584. The Morgan fingerprint density at radius 3 is 2.21 bits per heavy atom. The van der Waals surface area contributed by atoms with Gasteiger partial charge < -0.3 is 14.6 Å². The van der Waals surface area contributed by atoms with E-state index in [1.807, 2.05) is 33.8 Å². The number of ether oxygens (including phenoxy) is 2. The largest absolute Gasteiger partial charge is 0.506 e. The zero-order valence-electron chi connectivity index (χ0n) is 11.7. The summed E-state index contributed by atoms with van der Waals surface area (Å²) in [5, 5.41) is 9.57. The summed E-state index contributed by atoms with van der Waals surface area (Å²) in [6.07, 6.45) is 3.21. The number of hydrogen-bond acceptors (Lipinski definition) is 4. The normalized spacial score (nSPS) is 20.1. The maximum Gasteiger partial charge on any atom is 0.282 e. The van der Waals surface area contributed by atoms with Crippen molar-refractivity contribution in [1.82, 2.24) is 0 Å². The Morgan fingerprint density at radius 1 is 1.05 bits per heavy atom. The molecule has 4 heteroatoms. The van der Waals surface area contributed by atoms with Gasteiger partial charge in [-0.05, 0) is 39.8 Å². The molecule has 4 nitrogen and oxygen atoms in total. The van der Waals surface area contributed by atoms with E-state index in [4.69, 9.17) is 9.47 Å². The summed E-state index contributed by atoms with van der Waals surface area (Å²) in [6, 6.07) is 6.89. The maximum atomic E-state index is 9.57. The number of phenolic OH excluding ortho intramolecular Hbond substituents is 1. The number of rotatable bonds is 2. The molecular formula is C15H19NO3. The smallest absolute Gasteiger partial charge is 0.282 e. The van der Waals surface area contributed by atoms with Gasteiger partial charge in [0.25, 0.3) is 5.95 Å². The highest BCUT2D eigenvalue weighted by atomic mass is 16.7. The predicted molar refractivity (Wildman–Crippen MR) is 74.7 cm³/mol. The van der Waals surface area contributed by atoms with Crippen LogP contribution in [0.2, 0.25) is 0 Å². The molecule has 0 atom stereocenters. The van der Waals surface area contributed by atoms with Crippen LogP contribution in [0.4, 0.5) is 5.69 Å². The van der Waals surface area contributed by atoms with Gasteiger partial charge in [0.15, 0.2) is 0 Å². The Kier molecular flexibility index (Phi) is 3.27. The van der Waals surface area contributed by atoms with E-state index in [-0.39, 0.29) is 17.0 Å². The molecule has 1 saturated heterocycles. The van der Waals surface area contributed by atoms with Crippen LogP contribution in [0.5, 0.6) is 5.75 Å². The molecule has 0 unspecified atom stereocenters. The van der Waals surface area contributed by atoms with E-state index in [9.17, 15) is 5.11 Å². The van der Waals surface area contributed by atoms with Crippen molar-refractivity contribution in [2.24, 2.45) is 4.99 Å². The second-order valence-corrected chi connectivity index (χ2v) is 5.48. The zero-order chi connectivity index (χ0) is 14.1. The molecule has 0 bridgehead atoms. The minimum atomic E-state index is -0.387. The third kappa shape index (κ3) is 2.72. The predicted octanol–water partition coefficient (Wildman–Crippen LogP) is 3.54. The Hall–Kier alpha value is -1.97. The van der Waals surface area contributed by atoms with Crippen molar-refractivity contribution in [2.45, 2.75) is 38.9 Å². The number of benzene rings is 1. The fourth-order valence-electron chi connectivity index (χ4n) is 1.59. The quantitative estimate of drug-likeness (QED) is 0.828. The molecular weight excluding hydrogens is 242 g/mol. The highest BCUT2D eigenvalue weighted by Crippen LogP contribution is 2.39. The van der Waals surface area contributed by atoms with Crippen molar-refractivity contribution in [3.05, 3.63) is 36.3 Å². The van der Waals surface area contributed by atoms with Crippen LogP contribution in [0.3, 0.4) is 0 Å². The third-order valence-electron chi connectivity index (χ3n) is 3.47. The third-order valence-corrected chi connectivity index (χ3v) is 3.47. The minimum Gasteiger partial charge on any atom is -0.506 e. The molecule has 0 amide bonds. The zero-order valence-corrected chi connectivity index (χ0v) is 11.7. The van der Waals surface area contributed by atoms with Crippen LogP contribution in [0, 0.1) is 0 Å². The van der Waals surface area contributed by atoms with Crippen LogP contribution in [0.1, 0.15) is 27.7 Å². The van der Waals surface area contributed by atoms with Crippen molar-refractivity contribution in [2.75, 3.05) is 0 Å². The molecule has 2 rings (SSSR count). The molecule has 19 heavy (non-hydrogen) atoms. The minimum absolute atomic E-state index is 0.145. The molecule has 1 aliphatic rings. The summed E-state index contributed by atoms with van der Waals surface area (Å²) in [6.45, 7) is 7.92. The molecule has 1 aromatic rings. The number of aromatic hydroxyl groups is 1. The van der Waals surface area contributed by atoms with E-state index in [1.54, 1.807) is 30.5 Å². The highest BCUT2D eigenvalue weighted by Gasteiger charge is 2.48. The fraction of sp³-hybridized carbons (Fsp3) is 0.400. The molecule has 1 N–H and O–H groups in total. The Labute approximate surface area is 113 Å². The Bertz CT molecular complexity index is 512. The topological polar surface area (TPSA) is 51.0 Å². The first-order valence-corrected chi connectivity index (χ1v) is 6.22. The molecule has 0 saturated carbocycles. The standard InChI is InChI=1S/C15H19NO3/c1-14(2)15(3,4)19-13(18-14)9-10-16-11-7-5-6-8-12(11)17/h5-10,17H,1-4H3. The molecule has 102 valence electrons. The van der Waals surface area contributed by atoms with Gasteiger partial charge in [-0.2, -0.15) is 0 Å². The van der Waals surface area contributed by atoms with Crippen LogP contribution in [0.15, 0.2) is 41.3 Å². The van der Waals surface area contributed by atoms with Crippen LogP contribution < -0.4 is 0 Å². The summed E-state index contributed by atoms with van der Waals surface area (Å²) >= 11 is 0. The van der Waals surface area contributed by atoms with Crippen LogP contribution >= 0.6 is 0 Å². The van der Waals surface area contributed by atoms with E-state index in [0.717, 1.165) is 0 Å². The van der Waals surface area contributed by atoms with E-state index in [1.165, 1.54) is 0 Å². The van der Waals surface area contributed by atoms with Crippen LogP contribution in [-0.2, 0) is 9.47 Å². The molecule has 1 aromatic carbocycles. The van der Waals surface area contributed by atoms with Crippen molar-refractivity contribution in [3.63, 3.8) is 0 Å². The van der Waals surface area contributed by atoms with Crippen molar-refractivity contribution >= 4 is 11.9 Å². The summed E-state index contributed by atoms with van der Waals surface area (Å²) in [5.41, 5.74) is -0.265. The number of nitrogens with zero attached hydrogens (tertiary/aromatic N) is 1. The number of aliphatic imine (C=N–C) groups is 1. The summed E-state index contributed by atoms with van der Waals surface area (Å²) < 4.78 is 11.4. The van der Waals surface area contributed by atoms with E-state index in [0.29, 0.717) is 11.6 Å². The number of hydrogen-bond donors (Lipinski definition) is 1. The van der Waals surface area contributed by atoms with Crippen LogP contribution in [0.25, 0.3) is 0 Å². The van der Waals surface area contributed by atoms with Gasteiger partial charge in [0.2, 0.25) is 0 Å². The van der Waals surface area contributed by atoms with E-state index < -0.39 is 0 Å². The monoisotopic (exact) mass is 261 g/mol. The first kappa shape index (κ1) is 13.5. The lowest BCUT2D eigenvalue weighted by atomic mass is 9.90. The van der Waals surface area contributed by atoms with Gasteiger partial charge >= 0.3 is 0 Å². The molecule has 1 heterocycles. The molecule has 0 spiro atoms. The second-order valence-electron chi connectivity index (χ2n) is 5.48. The van der Waals surface area contributed by atoms with Gasteiger partial charge in [-0.3, -0.25) is 4.99 Å². The van der Waals surface area contributed by atoms with Gasteiger partial charge in [0.1, 0.15) is 22.6 Å². The van der Waals surface area contributed by atoms with Gasteiger partial charge in [0, 0.05) is 12.3 Å². The molecule has 1 fully saturated rings. The summed E-state index contributed by atoms with van der Waals surface area (Å²) in [4.78, 5) is 4.15. The van der Waals surface area contributed by atoms with Crippen molar-refractivity contribution in [3.8, 4) is 5.75 Å². The molecule has 0 aromatic heterocycles. The average Bonchev–Trinajstić information content (AvgIpc) is 2.50. The Morgan fingerprint density at radius 2 is 1.63 bits per heavy atom. The lowest BCUT2D eigenvalue weighted by Crippen LogP contribution is -2.41. The van der Waals surface area contributed by atoms with Gasteiger partial charge in [-0.1, -0.05) is 12.1 Å². The maximum absolute atomic E-state index is 9.57. The van der Waals surface area contributed by atoms with Gasteiger partial charge in [-0.25, -0.2) is 0 Å². The number of para-hydroxylation sites is 2. The molecule has 0 aliphatic carbocycles.